The molecule has 1 saturated carbocycles. The predicted octanol–water partition coefficient (Wildman–Crippen LogP) is 1.77. The number of hydrogen-bond acceptors (Lipinski definition) is 3. The first-order valence-electron chi connectivity index (χ1n) is 9.51. The Morgan fingerprint density at radius 1 is 1.22 bits per heavy atom. The minimum absolute atomic E-state index is 0.107. The lowest BCUT2D eigenvalue weighted by molar-refractivity contribution is -0.138. The minimum Gasteiger partial charge on any atom is -0.339 e. The highest BCUT2D eigenvalue weighted by Crippen LogP contribution is 2.31. The van der Waals surface area contributed by atoms with Crippen molar-refractivity contribution < 1.29 is 9.59 Å². The Balaban J connectivity index is 1.64. The van der Waals surface area contributed by atoms with E-state index in [1.54, 1.807) is 0 Å². The third-order valence-electron chi connectivity index (χ3n) is 5.77. The number of piperidine rings is 1. The van der Waals surface area contributed by atoms with Gasteiger partial charge in [-0.15, -0.1) is 0 Å². The van der Waals surface area contributed by atoms with Crippen molar-refractivity contribution in [2.45, 2.75) is 70.4 Å². The molecule has 2 aliphatic heterocycles. The monoisotopic (exact) mass is 321 g/mol. The van der Waals surface area contributed by atoms with Crippen LogP contribution in [-0.4, -0.2) is 59.9 Å². The van der Waals surface area contributed by atoms with Crippen molar-refractivity contribution in [1.29, 1.82) is 0 Å². The summed E-state index contributed by atoms with van der Waals surface area (Å²) in [6.07, 6.45) is 8.20. The van der Waals surface area contributed by atoms with Crippen LogP contribution in [0.2, 0.25) is 0 Å². The summed E-state index contributed by atoms with van der Waals surface area (Å²) in [5.74, 6) is 0.328. The Kier molecular flexibility index (Phi) is 5.57. The molecule has 1 atom stereocenters. The van der Waals surface area contributed by atoms with Gasteiger partial charge in [-0.25, -0.2) is 0 Å². The second kappa shape index (κ2) is 7.65. The molecule has 3 fully saturated rings. The molecule has 0 aromatic heterocycles. The molecule has 130 valence electrons. The summed E-state index contributed by atoms with van der Waals surface area (Å²) in [5, 5.41) is 3.37. The summed E-state index contributed by atoms with van der Waals surface area (Å²) in [4.78, 5) is 29.6. The van der Waals surface area contributed by atoms with Gasteiger partial charge in [0.05, 0.1) is 5.92 Å². The number of nitrogens with zero attached hydrogens (tertiary/aromatic N) is 2. The molecule has 2 saturated heterocycles. The summed E-state index contributed by atoms with van der Waals surface area (Å²) in [5.41, 5.74) is 0. The molecule has 1 unspecified atom stereocenters. The molecule has 0 aromatic rings. The number of rotatable bonds is 5. The van der Waals surface area contributed by atoms with Crippen molar-refractivity contribution in [3.8, 4) is 0 Å². The second-order valence-electron chi connectivity index (χ2n) is 7.40. The largest absolute Gasteiger partial charge is 0.339 e. The van der Waals surface area contributed by atoms with E-state index >= 15 is 0 Å². The van der Waals surface area contributed by atoms with Gasteiger partial charge < -0.3 is 15.1 Å². The summed E-state index contributed by atoms with van der Waals surface area (Å²) in [6, 6.07) is 0.762. The van der Waals surface area contributed by atoms with Crippen molar-refractivity contribution in [3.63, 3.8) is 0 Å². The normalized spacial score (nSPS) is 26.9. The average Bonchev–Trinajstić information content (AvgIpc) is 3.22. The molecule has 3 rings (SSSR count). The summed E-state index contributed by atoms with van der Waals surface area (Å²) < 4.78 is 0. The molecule has 0 bridgehead atoms. The van der Waals surface area contributed by atoms with Crippen LogP contribution in [-0.2, 0) is 9.59 Å². The van der Waals surface area contributed by atoms with Crippen molar-refractivity contribution in [2.75, 3.05) is 26.2 Å². The zero-order valence-electron chi connectivity index (χ0n) is 14.4. The molecular formula is C18H31N3O2. The van der Waals surface area contributed by atoms with Crippen molar-refractivity contribution in [3.05, 3.63) is 0 Å². The van der Waals surface area contributed by atoms with Crippen LogP contribution in [0.15, 0.2) is 0 Å². The maximum Gasteiger partial charge on any atom is 0.228 e. The van der Waals surface area contributed by atoms with E-state index in [2.05, 4.69) is 17.1 Å². The number of likely N-dealkylation sites (tertiary alicyclic amines) is 1. The van der Waals surface area contributed by atoms with E-state index in [0.29, 0.717) is 25.0 Å². The van der Waals surface area contributed by atoms with Gasteiger partial charge in [-0.1, -0.05) is 19.8 Å². The zero-order valence-corrected chi connectivity index (χ0v) is 14.4. The van der Waals surface area contributed by atoms with E-state index in [1.165, 1.54) is 12.8 Å². The maximum absolute atomic E-state index is 13.1. The van der Waals surface area contributed by atoms with Crippen LogP contribution >= 0.6 is 0 Å². The summed E-state index contributed by atoms with van der Waals surface area (Å²) >= 11 is 0. The average molecular weight is 321 g/mol. The lowest BCUT2D eigenvalue weighted by Gasteiger charge is -2.36. The van der Waals surface area contributed by atoms with Gasteiger partial charge in [-0.2, -0.15) is 0 Å². The van der Waals surface area contributed by atoms with E-state index < -0.39 is 0 Å². The van der Waals surface area contributed by atoms with E-state index in [1.807, 2.05) is 4.90 Å². The summed E-state index contributed by atoms with van der Waals surface area (Å²) in [6.45, 7) is 5.61. The first-order chi connectivity index (χ1) is 11.2. The van der Waals surface area contributed by atoms with Crippen molar-refractivity contribution in [2.24, 2.45) is 5.92 Å². The topological polar surface area (TPSA) is 52.7 Å². The number of nitrogens with one attached hydrogen (secondary N) is 1. The van der Waals surface area contributed by atoms with Crippen molar-refractivity contribution in [1.82, 2.24) is 15.1 Å². The van der Waals surface area contributed by atoms with Crippen LogP contribution in [0, 0.1) is 5.92 Å². The maximum atomic E-state index is 13.1. The molecule has 1 N–H and O–H groups in total. The van der Waals surface area contributed by atoms with Gasteiger partial charge in [-0.3, -0.25) is 9.59 Å². The van der Waals surface area contributed by atoms with Crippen LogP contribution < -0.4 is 5.32 Å². The highest BCUT2D eigenvalue weighted by molar-refractivity contribution is 5.89. The SMILES string of the molecule is CCCN(C(=O)C1CC(=O)N(C2CCCC2)C1)C1CCNCC1. The molecule has 0 radical (unpaired) electrons. The lowest BCUT2D eigenvalue weighted by atomic mass is 10.0. The van der Waals surface area contributed by atoms with Gasteiger partial charge in [0.15, 0.2) is 0 Å². The van der Waals surface area contributed by atoms with Crippen LogP contribution in [0.3, 0.4) is 0 Å². The molecule has 5 heteroatoms. The standard InChI is InChI=1S/C18H31N3O2/c1-2-11-20(16-7-9-19-10-8-16)18(23)14-12-17(22)21(13-14)15-5-3-4-6-15/h14-16,19H,2-13H2,1H3. The van der Waals surface area contributed by atoms with Gasteiger partial charge in [-0.05, 0) is 45.2 Å². The quantitative estimate of drug-likeness (QED) is 0.839. The highest BCUT2D eigenvalue weighted by Gasteiger charge is 2.41. The summed E-state index contributed by atoms with van der Waals surface area (Å²) in [7, 11) is 0. The Morgan fingerprint density at radius 2 is 1.91 bits per heavy atom. The zero-order chi connectivity index (χ0) is 16.2. The number of hydrogen-bond donors (Lipinski definition) is 1. The van der Waals surface area contributed by atoms with Gasteiger partial charge in [0, 0.05) is 31.6 Å². The van der Waals surface area contributed by atoms with Gasteiger partial charge in [0.2, 0.25) is 11.8 Å². The Labute approximate surface area is 139 Å². The molecule has 3 aliphatic rings. The molecule has 2 amide bonds. The minimum atomic E-state index is -0.107. The number of amides is 2. The van der Waals surface area contributed by atoms with Gasteiger partial charge in [0.1, 0.15) is 0 Å². The number of carbonyl (C=O) groups excluding carboxylic acids is 2. The molecule has 0 aromatic carbocycles. The Hall–Kier alpha value is -1.10. The molecule has 2 heterocycles. The fraction of sp³-hybridized carbons (Fsp3) is 0.889. The fourth-order valence-corrected chi connectivity index (χ4v) is 4.53. The first kappa shape index (κ1) is 16.7. The second-order valence-corrected chi connectivity index (χ2v) is 7.40. The molecule has 5 nitrogen and oxygen atoms in total. The van der Waals surface area contributed by atoms with Gasteiger partial charge in [0.25, 0.3) is 0 Å². The number of carbonyl (C=O) groups is 2. The van der Waals surface area contributed by atoms with Crippen molar-refractivity contribution >= 4 is 11.8 Å². The smallest absolute Gasteiger partial charge is 0.228 e. The molecule has 1 aliphatic carbocycles. The highest BCUT2D eigenvalue weighted by atomic mass is 16.2. The van der Waals surface area contributed by atoms with Crippen LogP contribution in [0.1, 0.15) is 58.3 Å². The fourth-order valence-electron chi connectivity index (χ4n) is 4.53. The van der Waals surface area contributed by atoms with Gasteiger partial charge >= 0.3 is 0 Å². The van der Waals surface area contributed by atoms with Crippen LogP contribution in [0.4, 0.5) is 0 Å². The predicted molar refractivity (Wildman–Crippen MR) is 90.0 cm³/mol. The van der Waals surface area contributed by atoms with E-state index in [-0.39, 0.29) is 17.7 Å². The Morgan fingerprint density at radius 3 is 2.57 bits per heavy atom. The van der Waals surface area contributed by atoms with E-state index in [9.17, 15) is 9.59 Å². The molecule has 0 spiro atoms. The lowest BCUT2D eigenvalue weighted by Crippen LogP contribution is -2.49. The van der Waals surface area contributed by atoms with E-state index in [4.69, 9.17) is 0 Å². The third-order valence-corrected chi connectivity index (χ3v) is 5.77. The Bertz CT molecular complexity index is 428. The van der Waals surface area contributed by atoms with E-state index in [0.717, 1.165) is 51.7 Å². The van der Waals surface area contributed by atoms with Crippen LogP contribution in [0.5, 0.6) is 0 Å². The third kappa shape index (κ3) is 3.70. The molecule has 23 heavy (non-hydrogen) atoms. The van der Waals surface area contributed by atoms with Crippen LogP contribution in [0.25, 0.3) is 0 Å². The molecular weight excluding hydrogens is 290 g/mol. The first-order valence-corrected chi connectivity index (χ1v) is 9.51.